The van der Waals surface area contributed by atoms with Crippen LogP contribution in [0.25, 0.3) is 0 Å². The number of oxime groups is 1. The van der Waals surface area contributed by atoms with Crippen molar-refractivity contribution in [3.63, 3.8) is 0 Å². The van der Waals surface area contributed by atoms with E-state index in [1.165, 1.54) is 25.7 Å². The number of rotatable bonds is 6. The van der Waals surface area contributed by atoms with E-state index in [9.17, 15) is 4.79 Å². The van der Waals surface area contributed by atoms with E-state index in [1.54, 1.807) is 24.3 Å². The van der Waals surface area contributed by atoms with Crippen molar-refractivity contribution in [3.8, 4) is 5.75 Å². The molecule has 0 heterocycles. The Hall–Kier alpha value is -2.24. The Labute approximate surface area is 124 Å². The molecule has 114 valence electrons. The maximum absolute atomic E-state index is 11.7. The van der Waals surface area contributed by atoms with Crippen LogP contribution in [0.3, 0.4) is 0 Å². The van der Waals surface area contributed by atoms with E-state index in [2.05, 4.69) is 10.5 Å². The van der Waals surface area contributed by atoms with Crippen LogP contribution >= 0.6 is 0 Å². The molecule has 1 aromatic rings. The Bertz CT molecular complexity index is 493. The predicted octanol–water partition coefficient (Wildman–Crippen LogP) is 1.47. The minimum absolute atomic E-state index is 0.00433. The van der Waals surface area contributed by atoms with Crippen LogP contribution in [-0.2, 0) is 4.79 Å². The highest BCUT2D eigenvalue weighted by molar-refractivity contribution is 5.97. The first-order valence-corrected chi connectivity index (χ1v) is 7.16. The summed E-state index contributed by atoms with van der Waals surface area (Å²) in [5.74, 6) is 1.12. The molecule has 0 aromatic heterocycles. The second-order valence-electron chi connectivity index (χ2n) is 5.25. The molecule has 6 heteroatoms. The maximum atomic E-state index is 11.7. The van der Waals surface area contributed by atoms with Crippen molar-refractivity contribution in [1.29, 1.82) is 0 Å². The van der Waals surface area contributed by atoms with E-state index < -0.39 is 0 Å². The number of hydrogen-bond donors (Lipinski definition) is 3. The monoisotopic (exact) mass is 291 g/mol. The number of carbonyl (C=O) groups excluding carboxylic acids is 1. The lowest BCUT2D eigenvalue weighted by Crippen LogP contribution is -2.32. The number of nitrogens with two attached hydrogens (primary N) is 1. The molecule has 1 aliphatic carbocycles. The quantitative estimate of drug-likeness (QED) is 0.320. The summed E-state index contributed by atoms with van der Waals surface area (Å²) in [5, 5.41) is 14.4. The molecular formula is C15H21N3O3. The van der Waals surface area contributed by atoms with Crippen LogP contribution in [-0.4, -0.2) is 30.1 Å². The van der Waals surface area contributed by atoms with Gasteiger partial charge < -0.3 is 21.0 Å². The maximum Gasteiger partial charge on any atom is 0.257 e. The molecule has 2 rings (SSSR count). The van der Waals surface area contributed by atoms with Gasteiger partial charge in [-0.05, 0) is 43.0 Å². The number of nitrogens with zero attached hydrogens (tertiary/aromatic N) is 1. The number of hydrogen-bond acceptors (Lipinski definition) is 4. The molecule has 0 spiro atoms. The average molecular weight is 291 g/mol. The van der Waals surface area contributed by atoms with Gasteiger partial charge in [0.2, 0.25) is 0 Å². The number of carbonyl (C=O) groups is 1. The zero-order chi connectivity index (χ0) is 15.1. The topological polar surface area (TPSA) is 96.9 Å². The first kappa shape index (κ1) is 15.2. The van der Waals surface area contributed by atoms with Gasteiger partial charge in [-0.15, -0.1) is 0 Å². The standard InChI is InChI=1S/C15H21N3O3/c16-15(18-20)12-5-7-13(8-6-12)21-10-14(19)17-9-11-3-1-2-4-11/h5-8,11,20H,1-4,9-10H2,(H2,16,18)(H,17,19). The van der Waals surface area contributed by atoms with Crippen molar-refractivity contribution < 1.29 is 14.7 Å². The Balaban J connectivity index is 1.73. The first-order valence-electron chi connectivity index (χ1n) is 7.16. The van der Waals surface area contributed by atoms with Gasteiger partial charge in [0.25, 0.3) is 5.91 Å². The van der Waals surface area contributed by atoms with Gasteiger partial charge in [0, 0.05) is 12.1 Å². The van der Waals surface area contributed by atoms with Crippen LogP contribution in [0.4, 0.5) is 0 Å². The number of amidine groups is 1. The minimum Gasteiger partial charge on any atom is -0.484 e. The molecule has 1 fully saturated rings. The summed E-state index contributed by atoms with van der Waals surface area (Å²) in [4.78, 5) is 11.7. The molecule has 21 heavy (non-hydrogen) atoms. The molecular weight excluding hydrogens is 270 g/mol. The van der Waals surface area contributed by atoms with Crippen LogP contribution in [0.2, 0.25) is 0 Å². The summed E-state index contributed by atoms with van der Waals surface area (Å²) in [5.41, 5.74) is 6.05. The van der Waals surface area contributed by atoms with Crippen molar-refractivity contribution in [2.75, 3.05) is 13.2 Å². The molecule has 0 radical (unpaired) electrons. The van der Waals surface area contributed by atoms with Gasteiger partial charge in [-0.1, -0.05) is 18.0 Å². The van der Waals surface area contributed by atoms with Crippen molar-refractivity contribution in [1.82, 2.24) is 5.32 Å². The van der Waals surface area contributed by atoms with Crippen LogP contribution in [0.15, 0.2) is 29.4 Å². The van der Waals surface area contributed by atoms with E-state index in [-0.39, 0.29) is 18.3 Å². The molecule has 0 bridgehead atoms. The molecule has 6 nitrogen and oxygen atoms in total. The van der Waals surface area contributed by atoms with Crippen molar-refractivity contribution in [2.24, 2.45) is 16.8 Å². The van der Waals surface area contributed by atoms with Crippen LogP contribution < -0.4 is 15.8 Å². The lowest BCUT2D eigenvalue weighted by molar-refractivity contribution is -0.123. The van der Waals surface area contributed by atoms with E-state index >= 15 is 0 Å². The fourth-order valence-corrected chi connectivity index (χ4v) is 2.45. The lowest BCUT2D eigenvalue weighted by atomic mass is 10.1. The molecule has 1 amide bonds. The molecule has 0 unspecified atom stereocenters. The summed E-state index contributed by atoms with van der Waals surface area (Å²) in [6.07, 6.45) is 4.94. The largest absolute Gasteiger partial charge is 0.484 e. The highest BCUT2D eigenvalue weighted by Crippen LogP contribution is 2.23. The van der Waals surface area contributed by atoms with E-state index in [0.717, 1.165) is 6.54 Å². The molecule has 1 aromatic carbocycles. The van der Waals surface area contributed by atoms with Crippen molar-refractivity contribution >= 4 is 11.7 Å². The molecule has 1 saturated carbocycles. The van der Waals surface area contributed by atoms with Crippen LogP contribution in [0.1, 0.15) is 31.2 Å². The number of benzene rings is 1. The third kappa shape index (κ3) is 4.66. The van der Waals surface area contributed by atoms with Crippen LogP contribution in [0.5, 0.6) is 5.75 Å². The van der Waals surface area contributed by atoms with Crippen molar-refractivity contribution in [3.05, 3.63) is 29.8 Å². The minimum atomic E-state index is -0.109. The fraction of sp³-hybridized carbons (Fsp3) is 0.467. The van der Waals surface area contributed by atoms with Gasteiger partial charge in [0.05, 0.1) is 0 Å². The molecule has 0 atom stereocenters. The van der Waals surface area contributed by atoms with E-state index in [4.69, 9.17) is 15.7 Å². The first-order chi connectivity index (χ1) is 10.2. The van der Waals surface area contributed by atoms with Gasteiger partial charge in [-0.2, -0.15) is 0 Å². The second kappa shape index (κ2) is 7.52. The Morgan fingerprint density at radius 2 is 2.00 bits per heavy atom. The summed E-state index contributed by atoms with van der Waals surface area (Å²) in [6, 6.07) is 6.69. The van der Waals surface area contributed by atoms with Crippen LogP contribution in [0, 0.1) is 5.92 Å². The highest BCUT2D eigenvalue weighted by Gasteiger charge is 2.15. The molecule has 4 N–H and O–H groups in total. The highest BCUT2D eigenvalue weighted by atomic mass is 16.5. The summed E-state index contributed by atoms with van der Waals surface area (Å²) >= 11 is 0. The molecule has 1 aliphatic rings. The summed E-state index contributed by atoms with van der Waals surface area (Å²) in [7, 11) is 0. The number of ether oxygens (including phenoxy) is 1. The predicted molar refractivity (Wildman–Crippen MR) is 79.4 cm³/mol. The number of amides is 1. The zero-order valence-corrected chi connectivity index (χ0v) is 11.9. The Kier molecular flexibility index (Phi) is 5.43. The SMILES string of the molecule is N/C(=N\O)c1ccc(OCC(=O)NCC2CCCC2)cc1. The van der Waals surface area contributed by atoms with Crippen molar-refractivity contribution in [2.45, 2.75) is 25.7 Å². The van der Waals surface area contributed by atoms with Gasteiger partial charge in [0.1, 0.15) is 5.75 Å². The summed E-state index contributed by atoms with van der Waals surface area (Å²) in [6.45, 7) is 0.736. The smallest absolute Gasteiger partial charge is 0.257 e. The zero-order valence-electron chi connectivity index (χ0n) is 11.9. The average Bonchev–Trinajstić information content (AvgIpc) is 3.04. The Morgan fingerprint density at radius 1 is 1.33 bits per heavy atom. The van der Waals surface area contributed by atoms with E-state index in [0.29, 0.717) is 17.2 Å². The van der Waals surface area contributed by atoms with Gasteiger partial charge in [0.15, 0.2) is 12.4 Å². The lowest BCUT2D eigenvalue weighted by Gasteiger charge is -2.11. The van der Waals surface area contributed by atoms with Gasteiger partial charge >= 0.3 is 0 Å². The van der Waals surface area contributed by atoms with Gasteiger partial charge in [-0.25, -0.2) is 0 Å². The fourth-order valence-electron chi connectivity index (χ4n) is 2.45. The van der Waals surface area contributed by atoms with E-state index in [1.807, 2.05) is 0 Å². The van der Waals surface area contributed by atoms with Gasteiger partial charge in [-0.3, -0.25) is 4.79 Å². The number of nitrogens with one attached hydrogen (secondary N) is 1. The third-order valence-electron chi connectivity index (χ3n) is 3.69. The second-order valence-corrected chi connectivity index (χ2v) is 5.25. The molecule has 0 aliphatic heterocycles. The molecule has 0 saturated heterocycles. The summed E-state index contributed by atoms with van der Waals surface area (Å²) < 4.78 is 5.40. The normalized spacial score (nSPS) is 15.9. The third-order valence-corrected chi connectivity index (χ3v) is 3.69. The Morgan fingerprint density at radius 3 is 2.62 bits per heavy atom.